The Morgan fingerprint density at radius 1 is 0.868 bits per heavy atom. The predicted molar refractivity (Wildman–Crippen MR) is 156 cm³/mol. The number of aliphatic hydroxyl groups is 2. The number of nitrogens with zero attached hydrogens (tertiary/aromatic N) is 1. The van der Waals surface area contributed by atoms with Crippen LogP contribution in [0.5, 0.6) is 0 Å². The van der Waals surface area contributed by atoms with Crippen LogP contribution in [0, 0.1) is 41.6 Å². The van der Waals surface area contributed by atoms with E-state index in [-0.39, 0.29) is 38.2 Å². The summed E-state index contributed by atoms with van der Waals surface area (Å²) in [5.74, 6) is 2.53. The third-order valence-corrected chi connectivity index (χ3v) is 10.5. The van der Waals surface area contributed by atoms with E-state index in [0.717, 1.165) is 36.3 Å². The number of aliphatic hydroxyl groups excluding tert-OH is 2. The van der Waals surface area contributed by atoms with E-state index in [0.29, 0.717) is 29.6 Å². The van der Waals surface area contributed by atoms with Gasteiger partial charge in [0.2, 0.25) is 0 Å². The van der Waals surface area contributed by atoms with E-state index in [1.54, 1.807) is 11.3 Å². The summed E-state index contributed by atoms with van der Waals surface area (Å²) in [4.78, 5) is 5.43. The number of thiophene rings is 1. The number of fused-ring (bicyclic) bond motifs is 2. The summed E-state index contributed by atoms with van der Waals surface area (Å²) < 4.78 is 1.26. The van der Waals surface area contributed by atoms with Crippen LogP contribution in [0.2, 0.25) is 0 Å². The fraction of sp³-hybridized carbons (Fsp3) is 0.606. The van der Waals surface area contributed by atoms with Crippen molar-refractivity contribution in [1.29, 1.82) is 0 Å². The molecule has 2 saturated carbocycles. The first-order valence-corrected chi connectivity index (χ1v) is 15.4. The SMILES string of the molecule is CCC(C)[C@H]1CCCC2CCC[C@H](C(C)CC)C(O)C2C1O.[Ir].[c-]1c(-c2ccccn2)sc2ccccc12. The Bertz CT molecular complexity index is 1030. The van der Waals surface area contributed by atoms with Crippen LogP contribution in [-0.2, 0) is 20.1 Å². The van der Waals surface area contributed by atoms with Crippen molar-refractivity contribution >= 4 is 21.4 Å². The van der Waals surface area contributed by atoms with Gasteiger partial charge in [-0.2, -0.15) is 0 Å². The van der Waals surface area contributed by atoms with Crippen LogP contribution in [0.1, 0.15) is 79.1 Å². The molecule has 0 bridgehead atoms. The Kier molecular flexibility index (Phi) is 12.4. The van der Waals surface area contributed by atoms with E-state index < -0.39 is 0 Å². The third-order valence-electron chi connectivity index (χ3n) is 9.43. The summed E-state index contributed by atoms with van der Waals surface area (Å²) in [6, 6.07) is 17.6. The van der Waals surface area contributed by atoms with E-state index in [1.807, 2.05) is 30.5 Å². The average Bonchev–Trinajstić information content (AvgIpc) is 3.21. The van der Waals surface area contributed by atoms with Crippen LogP contribution in [0.25, 0.3) is 20.7 Å². The molecule has 1 aromatic carbocycles. The number of pyridine rings is 1. The maximum Gasteiger partial charge on any atom is 0.0626 e. The Labute approximate surface area is 247 Å². The fourth-order valence-corrected chi connectivity index (χ4v) is 7.79. The first-order chi connectivity index (χ1) is 17.9. The van der Waals surface area contributed by atoms with Gasteiger partial charge in [-0.25, -0.2) is 11.3 Å². The van der Waals surface area contributed by atoms with Gasteiger partial charge in [-0.3, -0.25) is 0 Å². The second kappa shape index (κ2) is 15.1. The molecule has 4 unspecified atom stereocenters. The minimum Gasteiger partial charge on any atom is -0.392 e. The molecule has 5 heteroatoms. The summed E-state index contributed by atoms with van der Waals surface area (Å²) in [7, 11) is 0. The molecule has 2 aromatic heterocycles. The van der Waals surface area contributed by atoms with Crippen LogP contribution < -0.4 is 0 Å². The number of hydrogen-bond acceptors (Lipinski definition) is 4. The molecule has 2 aliphatic rings. The first kappa shape index (κ1) is 31.4. The third kappa shape index (κ3) is 7.34. The molecule has 2 fully saturated rings. The molecule has 0 saturated heterocycles. The van der Waals surface area contributed by atoms with Crippen molar-refractivity contribution in [1.82, 2.24) is 4.98 Å². The second-order valence-corrected chi connectivity index (χ2v) is 12.6. The van der Waals surface area contributed by atoms with E-state index in [9.17, 15) is 10.2 Å². The summed E-state index contributed by atoms with van der Waals surface area (Å²) >= 11 is 1.73. The quantitative estimate of drug-likeness (QED) is 0.262. The first-order valence-electron chi connectivity index (χ1n) is 14.6. The molecule has 6 atom stereocenters. The standard InChI is InChI=1S/C20H38O2.C13H8NS.Ir/c1-5-13(3)16-11-7-9-15-10-8-12-17(14(4)6-2)20(22)18(15)19(16)21;1-2-7-12-10(5-1)9-13(15-12)11-6-3-4-8-14-11;/h13-22H,5-12H2,1-4H3;1-8H;/q;-1;/t13?,14?,15?,16-,17-,18?,19?,20?;;/m1../s1. The molecule has 3 aromatic rings. The van der Waals surface area contributed by atoms with Gasteiger partial charge in [-0.15, -0.1) is 23.6 Å². The summed E-state index contributed by atoms with van der Waals surface area (Å²) in [6.07, 6.45) is 10.6. The Morgan fingerprint density at radius 3 is 1.97 bits per heavy atom. The van der Waals surface area contributed by atoms with Crippen LogP contribution in [0.4, 0.5) is 0 Å². The minimum atomic E-state index is -0.304. The molecule has 211 valence electrons. The fourth-order valence-electron chi connectivity index (χ4n) is 6.81. The zero-order chi connectivity index (χ0) is 26.4. The normalized spacial score (nSPS) is 29.0. The van der Waals surface area contributed by atoms with Crippen LogP contribution in [-0.4, -0.2) is 27.4 Å². The zero-order valence-electron chi connectivity index (χ0n) is 23.5. The topological polar surface area (TPSA) is 53.4 Å². The Morgan fingerprint density at radius 2 is 1.45 bits per heavy atom. The Hall–Kier alpha value is -1.10. The maximum absolute atomic E-state index is 11.2. The summed E-state index contributed by atoms with van der Waals surface area (Å²) in [5.41, 5.74) is 0.999. The molecule has 0 amide bonds. The van der Waals surface area contributed by atoms with Gasteiger partial charge >= 0.3 is 0 Å². The molecule has 0 aliphatic heterocycles. The number of benzene rings is 1. The van der Waals surface area contributed by atoms with E-state index in [1.165, 1.54) is 35.8 Å². The van der Waals surface area contributed by atoms with Crippen molar-refractivity contribution in [3.05, 3.63) is 54.7 Å². The molecule has 2 heterocycles. The van der Waals surface area contributed by atoms with Crippen molar-refractivity contribution in [2.45, 2.75) is 91.3 Å². The predicted octanol–water partition coefficient (Wildman–Crippen LogP) is 8.39. The molecule has 2 aliphatic carbocycles. The van der Waals surface area contributed by atoms with Crippen molar-refractivity contribution in [3.63, 3.8) is 0 Å². The maximum atomic E-state index is 11.2. The summed E-state index contributed by atoms with van der Waals surface area (Å²) in [5, 5.41) is 23.5. The minimum absolute atomic E-state index is 0. The molecule has 3 nitrogen and oxygen atoms in total. The monoisotopic (exact) mass is 713 g/mol. The molecular weight excluding hydrogens is 667 g/mol. The largest absolute Gasteiger partial charge is 0.392 e. The van der Waals surface area contributed by atoms with Crippen molar-refractivity contribution < 1.29 is 30.3 Å². The summed E-state index contributed by atoms with van der Waals surface area (Å²) in [6.45, 7) is 9.02. The molecule has 2 N–H and O–H groups in total. The van der Waals surface area contributed by atoms with E-state index >= 15 is 0 Å². The average molecular weight is 713 g/mol. The van der Waals surface area contributed by atoms with Crippen molar-refractivity contribution in [2.24, 2.45) is 35.5 Å². The van der Waals surface area contributed by atoms with Gasteiger partial charge in [-0.1, -0.05) is 77.6 Å². The number of rotatable bonds is 5. The van der Waals surface area contributed by atoms with Crippen LogP contribution in [0.3, 0.4) is 0 Å². The van der Waals surface area contributed by atoms with Gasteiger partial charge in [0, 0.05) is 37.9 Å². The smallest absolute Gasteiger partial charge is 0.0626 e. The van der Waals surface area contributed by atoms with Gasteiger partial charge in [0.25, 0.3) is 0 Å². The van der Waals surface area contributed by atoms with Gasteiger partial charge < -0.3 is 15.2 Å². The van der Waals surface area contributed by atoms with Crippen LogP contribution in [0.15, 0.2) is 48.7 Å². The van der Waals surface area contributed by atoms with E-state index in [4.69, 9.17) is 0 Å². The second-order valence-electron chi connectivity index (χ2n) is 11.5. The van der Waals surface area contributed by atoms with Crippen molar-refractivity contribution in [2.75, 3.05) is 0 Å². The number of hydrogen-bond donors (Lipinski definition) is 2. The van der Waals surface area contributed by atoms with Gasteiger partial charge in [0.1, 0.15) is 0 Å². The van der Waals surface area contributed by atoms with Crippen LogP contribution >= 0.6 is 11.3 Å². The molecule has 38 heavy (non-hydrogen) atoms. The van der Waals surface area contributed by atoms with E-state index in [2.05, 4.69) is 56.9 Å². The molecule has 0 spiro atoms. The molecule has 5 rings (SSSR count). The van der Waals surface area contributed by atoms with Gasteiger partial charge in [0.15, 0.2) is 0 Å². The van der Waals surface area contributed by atoms with Crippen molar-refractivity contribution in [3.8, 4) is 10.6 Å². The number of aromatic nitrogens is 1. The van der Waals surface area contributed by atoms with Gasteiger partial charge in [0.05, 0.1) is 12.2 Å². The zero-order valence-corrected chi connectivity index (χ0v) is 26.7. The van der Waals surface area contributed by atoms with Gasteiger partial charge in [-0.05, 0) is 70.9 Å². The molecular formula is C33H46IrNO2S-. The molecule has 1 radical (unpaired) electrons. The Balaban J connectivity index is 0.000000218.